The summed E-state index contributed by atoms with van der Waals surface area (Å²) in [5.74, 6) is 2.38. The van der Waals surface area contributed by atoms with Gasteiger partial charge in [0, 0.05) is 29.2 Å². The molecule has 0 radical (unpaired) electrons. The average molecular weight is 517 g/mol. The predicted octanol–water partition coefficient (Wildman–Crippen LogP) is 10.9. The minimum atomic E-state index is 0.162. The van der Waals surface area contributed by atoms with Crippen molar-refractivity contribution in [1.29, 1.82) is 0 Å². The van der Waals surface area contributed by atoms with E-state index in [1.54, 1.807) is 0 Å². The maximum atomic E-state index is 4.47. The van der Waals surface area contributed by atoms with Crippen LogP contribution in [0, 0.1) is 0 Å². The molecule has 0 aliphatic carbocycles. The van der Waals surface area contributed by atoms with Crippen LogP contribution in [0.25, 0.3) is 0 Å². The molecule has 0 fully saturated rings. The zero-order valence-corrected chi connectivity index (χ0v) is 27.0. The number of aromatic nitrogens is 2. The first-order valence-corrected chi connectivity index (χ1v) is 14.5. The maximum absolute atomic E-state index is 4.47. The fourth-order valence-electron chi connectivity index (χ4n) is 3.65. The number of rotatable bonds is 4. The number of nitrogens with zero attached hydrogens (tertiary/aromatic N) is 2. The first kappa shape index (κ1) is 33.5. The van der Waals surface area contributed by atoms with Crippen LogP contribution in [0.5, 0.6) is 0 Å². The van der Waals surface area contributed by atoms with Crippen LogP contribution < -0.4 is 0 Å². The van der Waals surface area contributed by atoms with E-state index in [0.29, 0.717) is 23.7 Å². The molecule has 38 heavy (non-hydrogen) atoms. The summed E-state index contributed by atoms with van der Waals surface area (Å²) < 4.78 is 0. The Balaban J connectivity index is 0.000000285. The van der Waals surface area contributed by atoms with Gasteiger partial charge in [-0.05, 0) is 63.5 Å². The van der Waals surface area contributed by atoms with Gasteiger partial charge < -0.3 is 0 Å². The van der Waals surface area contributed by atoms with Gasteiger partial charge in [0.2, 0.25) is 0 Å². The topological polar surface area (TPSA) is 25.8 Å². The lowest BCUT2D eigenvalue weighted by molar-refractivity contribution is 0.567. The Morgan fingerprint density at radius 2 is 0.895 bits per heavy atom. The van der Waals surface area contributed by atoms with E-state index in [1.807, 2.05) is 12.4 Å². The summed E-state index contributed by atoms with van der Waals surface area (Å²) in [5, 5.41) is 0. The van der Waals surface area contributed by atoms with Crippen LogP contribution in [0.1, 0.15) is 154 Å². The molecule has 0 saturated carbocycles. The number of hydrogen-bond acceptors (Lipinski definition) is 2. The first-order chi connectivity index (χ1) is 17.4. The van der Waals surface area contributed by atoms with E-state index < -0.39 is 0 Å². The lowest BCUT2D eigenvalue weighted by Crippen LogP contribution is -2.13. The van der Waals surface area contributed by atoms with Crippen molar-refractivity contribution in [3.05, 3.63) is 94.6 Å². The second-order valence-electron chi connectivity index (χ2n) is 13.7. The molecular weight excluding hydrogens is 460 g/mol. The molecule has 0 aliphatic heterocycles. The molecule has 2 nitrogen and oxygen atoms in total. The molecule has 2 aromatic heterocycles. The third-order valence-electron chi connectivity index (χ3n) is 6.74. The van der Waals surface area contributed by atoms with Crippen molar-refractivity contribution >= 4 is 0 Å². The van der Waals surface area contributed by atoms with E-state index in [4.69, 9.17) is 0 Å². The molecule has 0 unspecified atom stereocenters. The van der Waals surface area contributed by atoms with E-state index in [1.165, 1.54) is 27.9 Å². The van der Waals surface area contributed by atoms with Crippen molar-refractivity contribution in [2.24, 2.45) is 0 Å². The van der Waals surface area contributed by atoms with Gasteiger partial charge in [0.1, 0.15) is 0 Å². The molecular formula is C36H56N2. The summed E-state index contributed by atoms with van der Waals surface area (Å²) in [5.41, 5.74) is 8.19. The van der Waals surface area contributed by atoms with Crippen molar-refractivity contribution < 1.29 is 0 Å². The summed E-state index contributed by atoms with van der Waals surface area (Å²) in [6.07, 6.45) is 3.99. The number of benzene rings is 1. The van der Waals surface area contributed by atoms with Crippen LogP contribution in [0.3, 0.4) is 0 Å². The molecule has 0 atom stereocenters. The van der Waals surface area contributed by atoms with E-state index >= 15 is 0 Å². The van der Waals surface area contributed by atoms with Gasteiger partial charge in [-0.25, -0.2) is 0 Å². The smallest absolute Gasteiger partial charge is 0.0457 e. The summed E-state index contributed by atoms with van der Waals surface area (Å²) in [4.78, 5) is 8.92. The van der Waals surface area contributed by atoms with Gasteiger partial charge in [-0.3, -0.25) is 9.97 Å². The molecule has 3 rings (SSSR count). The van der Waals surface area contributed by atoms with E-state index in [0.717, 1.165) is 5.69 Å². The SMILES string of the molecule is CC(C)c1ccc(C(C)(C)C)cn1.CC(C)c1ccc(C(C)(C)C)nc1.CC(C)c1ccc(C(C)C)cc1. The monoisotopic (exact) mass is 516 g/mol. The Morgan fingerprint density at radius 3 is 1.16 bits per heavy atom. The van der Waals surface area contributed by atoms with Crippen molar-refractivity contribution in [3.8, 4) is 0 Å². The molecule has 2 heterocycles. The van der Waals surface area contributed by atoms with Gasteiger partial charge in [-0.1, -0.05) is 133 Å². The normalized spacial score (nSPS) is 11.8. The first-order valence-electron chi connectivity index (χ1n) is 14.5. The quantitative estimate of drug-likeness (QED) is 0.344. The molecule has 0 N–H and O–H groups in total. The van der Waals surface area contributed by atoms with E-state index in [9.17, 15) is 0 Å². The standard InChI is InChI=1S/2C12H19N.C12H18/c1-9(2)11-7-6-10(8-13-11)12(3,4)5;1-9(2)10-6-7-11(13-8-10)12(3,4)5;1-9(2)11-5-7-12(8-6-11)10(3)4/h2*6-9H,1-5H3;5-10H,1-4H3. The molecule has 0 aliphatic rings. The van der Waals surface area contributed by atoms with Crippen LogP contribution >= 0.6 is 0 Å². The van der Waals surface area contributed by atoms with E-state index in [-0.39, 0.29) is 10.8 Å². The molecule has 3 aromatic rings. The van der Waals surface area contributed by atoms with Crippen LogP contribution in [-0.2, 0) is 10.8 Å². The summed E-state index contributed by atoms with van der Waals surface area (Å²) in [6.45, 7) is 30.8. The Morgan fingerprint density at radius 1 is 0.447 bits per heavy atom. The highest BCUT2D eigenvalue weighted by Crippen LogP contribution is 2.23. The summed E-state index contributed by atoms with van der Waals surface area (Å²) in [7, 11) is 0. The number of pyridine rings is 2. The third kappa shape index (κ3) is 11.5. The molecule has 0 amide bonds. The molecule has 210 valence electrons. The Hall–Kier alpha value is -2.48. The van der Waals surface area contributed by atoms with Gasteiger partial charge in [0.25, 0.3) is 0 Å². The molecule has 2 heteroatoms. The Kier molecular flexibility index (Phi) is 12.9. The minimum absolute atomic E-state index is 0.162. The fraction of sp³-hybridized carbons (Fsp3) is 0.556. The van der Waals surface area contributed by atoms with Gasteiger partial charge in [-0.2, -0.15) is 0 Å². The molecule has 1 aromatic carbocycles. The largest absolute Gasteiger partial charge is 0.261 e. The zero-order valence-electron chi connectivity index (χ0n) is 27.0. The highest BCUT2D eigenvalue weighted by atomic mass is 14.7. The molecule has 0 saturated heterocycles. The van der Waals surface area contributed by atoms with Gasteiger partial charge in [0.05, 0.1) is 0 Å². The predicted molar refractivity (Wildman–Crippen MR) is 169 cm³/mol. The van der Waals surface area contributed by atoms with Crippen LogP contribution in [0.4, 0.5) is 0 Å². The summed E-state index contributed by atoms with van der Waals surface area (Å²) >= 11 is 0. The highest BCUT2D eigenvalue weighted by molar-refractivity contribution is 5.26. The zero-order chi connectivity index (χ0) is 29.3. The number of hydrogen-bond donors (Lipinski definition) is 0. The minimum Gasteiger partial charge on any atom is -0.261 e. The summed E-state index contributed by atoms with van der Waals surface area (Å²) in [6, 6.07) is 17.6. The Labute approximate surface area is 235 Å². The van der Waals surface area contributed by atoms with Gasteiger partial charge in [0.15, 0.2) is 0 Å². The third-order valence-corrected chi connectivity index (χ3v) is 6.74. The van der Waals surface area contributed by atoms with Crippen LogP contribution in [0.15, 0.2) is 60.9 Å². The second kappa shape index (κ2) is 14.6. The fourth-order valence-corrected chi connectivity index (χ4v) is 3.65. The average Bonchev–Trinajstić information content (AvgIpc) is 2.84. The second-order valence-corrected chi connectivity index (χ2v) is 13.7. The van der Waals surface area contributed by atoms with Gasteiger partial charge in [-0.15, -0.1) is 0 Å². The van der Waals surface area contributed by atoms with Crippen LogP contribution in [-0.4, -0.2) is 9.97 Å². The van der Waals surface area contributed by atoms with Crippen molar-refractivity contribution in [1.82, 2.24) is 9.97 Å². The lowest BCUT2D eigenvalue weighted by Gasteiger charge is -2.18. The van der Waals surface area contributed by atoms with Crippen LogP contribution in [0.2, 0.25) is 0 Å². The molecule has 0 bridgehead atoms. The van der Waals surface area contributed by atoms with Gasteiger partial charge >= 0.3 is 0 Å². The van der Waals surface area contributed by atoms with Crippen molar-refractivity contribution in [3.63, 3.8) is 0 Å². The van der Waals surface area contributed by atoms with Crippen molar-refractivity contribution in [2.45, 2.75) is 131 Å². The highest BCUT2D eigenvalue weighted by Gasteiger charge is 2.15. The van der Waals surface area contributed by atoms with Crippen molar-refractivity contribution in [2.75, 3.05) is 0 Å². The Bertz CT molecular complexity index is 952. The molecule has 0 spiro atoms. The van der Waals surface area contributed by atoms with E-state index in [2.05, 4.69) is 155 Å². The maximum Gasteiger partial charge on any atom is 0.0457 e. The lowest BCUT2D eigenvalue weighted by atomic mass is 9.88.